The molecule has 0 amide bonds. The van der Waals surface area contributed by atoms with Crippen LogP contribution in [0.15, 0.2) is 70.6 Å². The van der Waals surface area contributed by atoms with E-state index in [1.807, 2.05) is 50.2 Å². The van der Waals surface area contributed by atoms with E-state index in [1.165, 1.54) is 0 Å². The van der Waals surface area contributed by atoms with Gasteiger partial charge in [0.05, 0.1) is 24.7 Å². The lowest BCUT2D eigenvalue weighted by Gasteiger charge is -2.40. The monoisotopic (exact) mass is 507 g/mol. The van der Waals surface area contributed by atoms with Gasteiger partial charge in [-0.2, -0.15) is 4.31 Å². The average molecular weight is 508 g/mol. The summed E-state index contributed by atoms with van der Waals surface area (Å²) in [6.07, 6.45) is 0. The Labute approximate surface area is 211 Å². The van der Waals surface area contributed by atoms with Crippen LogP contribution in [0.25, 0.3) is 0 Å². The Bertz CT molecular complexity index is 1420. The summed E-state index contributed by atoms with van der Waals surface area (Å²) in [5.41, 5.74) is 2.61. The summed E-state index contributed by atoms with van der Waals surface area (Å²) in [7, 11) is -0.477. The summed E-state index contributed by atoms with van der Waals surface area (Å²) < 4.78 is 45.3. The Kier molecular flexibility index (Phi) is 6.36. The van der Waals surface area contributed by atoms with Gasteiger partial charge in [0.1, 0.15) is 28.8 Å². The summed E-state index contributed by atoms with van der Waals surface area (Å²) in [6, 6.07) is 17.8. The van der Waals surface area contributed by atoms with Gasteiger partial charge in [-0.3, -0.25) is 0 Å². The Morgan fingerprint density at radius 3 is 2.33 bits per heavy atom. The largest absolute Gasteiger partial charge is 0.497 e. The van der Waals surface area contributed by atoms with Gasteiger partial charge in [0, 0.05) is 25.7 Å². The molecule has 0 saturated carbocycles. The second kappa shape index (κ2) is 9.48. The first-order chi connectivity index (χ1) is 17.3. The van der Waals surface area contributed by atoms with Crippen molar-refractivity contribution < 1.29 is 22.6 Å². The molecule has 0 aliphatic carbocycles. The summed E-state index contributed by atoms with van der Waals surface area (Å²) in [6.45, 7) is 5.22. The molecular weight excluding hydrogens is 478 g/mol. The molecule has 2 aliphatic heterocycles. The molecule has 0 radical (unpaired) electrons. The number of sulfonamides is 1. The quantitative estimate of drug-likeness (QED) is 0.514. The summed E-state index contributed by atoms with van der Waals surface area (Å²) in [4.78, 5) is 7.38. The molecule has 9 heteroatoms. The second-order valence-electron chi connectivity index (χ2n) is 8.96. The van der Waals surface area contributed by atoms with E-state index < -0.39 is 10.0 Å². The van der Waals surface area contributed by atoms with Crippen LogP contribution in [-0.2, 0) is 10.0 Å². The Balaban J connectivity index is 1.48. The zero-order chi connectivity index (χ0) is 25.4. The van der Waals surface area contributed by atoms with Crippen molar-refractivity contribution in [3.8, 4) is 23.0 Å². The number of amidine groups is 1. The van der Waals surface area contributed by atoms with Gasteiger partial charge in [0.2, 0.25) is 10.0 Å². The lowest BCUT2D eigenvalue weighted by Crippen LogP contribution is -2.55. The Morgan fingerprint density at radius 2 is 1.64 bits per heavy atom. The zero-order valence-corrected chi connectivity index (χ0v) is 21.6. The minimum atomic E-state index is -3.66. The zero-order valence-electron chi connectivity index (χ0n) is 20.8. The smallest absolute Gasteiger partial charge is 0.243 e. The number of ether oxygens (including phenoxy) is 3. The number of nitrogens with zero attached hydrogens (tertiary/aromatic N) is 3. The molecule has 2 heterocycles. The van der Waals surface area contributed by atoms with Crippen molar-refractivity contribution in [2.75, 3.05) is 33.9 Å². The van der Waals surface area contributed by atoms with Crippen molar-refractivity contribution in [1.82, 2.24) is 9.21 Å². The van der Waals surface area contributed by atoms with Gasteiger partial charge in [-0.25, -0.2) is 13.4 Å². The fourth-order valence-electron chi connectivity index (χ4n) is 4.60. The molecule has 0 aromatic heterocycles. The van der Waals surface area contributed by atoms with Gasteiger partial charge >= 0.3 is 0 Å². The van der Waals surface area contributed by atoms with Crippen LogP contribution in [0.3, 0.4) is 0 Å². The molecule has 5 rings (SSSR count). The van der Waals surface area contributed by atoms with Gasteiger partial charge < -0.3 is 19.1 Å². The molecule has 1 atom stereocenters. The molecule has 8 nitrogen and oxygen atoms in total. The number of rotatable bonds is 4. The fourth-order valence-corrected chi connectivity index (χ4v) is 6.22. The minimum absolute atomic E-state index is 0.253. The highest BCUT2D eigenvalue weighted by molar-refractivity contribution is 7.89. The van der Waals surface area contributed by atoms with Crippen LogP contribution in [-0.4, -0.2) is 63.4 Å². The highest BCUT2D eigenvalue weighted by Gasteiger charge is 2.36. The first-order valence-corrected chi connectivity index (χ1v) is 13.2. The van der Waals surface area contributed by atoms with Gasteiger partial charge in [0.25, 0.3) is 0 Å². The van der Waals surface area contributed by atoms with Crippen molar-refractivity contribution in [3.05, 3.63) is 71.8 Å². The lowest BCUT2D eigenvalue weighted by molar-refractivity contribution is 0.205. The molecule has 3 aromatic carbocycles. The van der Waals surface area contributed by atoms with Crippen LogP contribution in [0.2, 0.25) is 0 Å². The summed E-state index contributed by atoms with van der Waals surface area (Å²) in [5, 5.41) is 0. The van der Waals surface area contributed by atoms with Gasteiger partial charge in [0.15, 0.2) is 5.75 Å². The standard InChI is InChI=1S/C27H29N3O5S/c1-18-5-11-24-26(15-18)35-25-12-8-21(34-4)16-23(25)27(28-24)29-13-14-30(19(2)17-29)36(31,32)22-9-6-20(33-3)7-10-22/h5-12,15-16,19H,13-14,17H2,1-4H3. The van der Waals surface area contributed by atoms with Crippen LogP contribution >= 0.6 is 0 Å². The average Bonchev–Trinajstić information content (AvgIpc) is 3.04. The SMILES string of the molecule is COc1ccc(S(=O)(=O)N2CCN(C3=Nc4ccc(C)cc4Oc4ccc(OC)cc43)CC2C)cc1. The van der Waals surface area contributed by atoms with E-state index >= 15 is 0 Å². The molecule has 36 heavy (non-hydrogen) atoms. The van der Waals surface area contributed by atoms with Crippen LogP contribution in [0.4, 0.5) is 5.69 Å². The number of methoxy groups -OCH3 is 2. The number of benzene rings is 3. The van der Waals surface area contributed by atoms with Crippen LogP contribution < -0.4 is 14.2 Å². The van der Waals surface area contributed by atoms with Gasteiger partial charge in [-0.1, -0.05) is 6.07 Å². The number of aryl methyl sites for hydroxylation is 1. The fraction of sp³-hybridized carbons (Fsp3) is 0.296. The molecule has 2 aliphatic rings. The molecule has 1 saturated heterocycles. The first-order valence-electron chi connectivity index (χ1n) is 11.8. The van der Waals surface area contributed by atoms with Crippen LogP contribution in [0, 0.1) is 6.92 Å². The Hall–Kier alpha value is -3.56. The van der Waals surface area contributed by atoms with E-state index in [1.54, 1.807) is 42.8 Å². The van der Waals surface area contributed by atoms with E-state index in [2.05, 4.69) is 4.90 Å². The van der Waals surface area contributed by atoms with Crippen molar-refractivity contribution in [1.29, 1.82) is 0 Å². The van der Waals surface area contributed by atoms with E-state index in [0.29, 0.717) is 42.6 Å². The van der Waals surface area contributed by atoms with Crippen LogP contribution in [0.5, 0.6) is 23.0 Å². The van der Waals surface area contributed by atoms with E-state index in [9.17, 15) is 8.42 Å². The minimum Gasteiger partial charge on any atom is -0.497 e. The van der Waals surface area contributed by atoms with Crippen molar-refractivity contribution in [2.24, 2.45) is 4.99 Å². The number of hydrogen-bond acceptors (Lipinski definition) is 7. The van der Waals surface area contributed by atoms with Crippen molar-refractivity contribution in [2.45, 2.75) is 24.8 Å². The summed E-state index contributed by atoms with van der Waals surface area (Å²) in [5.74, 6) is 3.41. The maximum absolute atomic E-state index is 13.4. The summed E-state index contributed by atoms with van der Waals surface area (Å²) >= 11 is 0. The van der Waals surface area contributed by atoms with E-state index in [0.717, 1.165) is 22.6 Å². The van der Waals surface area contributed by atoms with Gasteiger partial charge in [-0.05, 0) is 74.0 Å². The molecule has 3 aromatic rings. The predicted molar refractivity (Wildman–Crippen MR) is 138 cm³/mol. The number of fused-ring (bicyclic) bond motifs is 2. The molecule has 0 spiro atoms. The molecule has 0 N–H and O–H groups in total. The normalized spacial score (nSPS) is 17.8. The Morgan fingerprint density at radius 1 is 0.917 bits per heavy atom. The van der Waals surface area contributed by atoms with Crippen molar-refractivity contribution >= 4 is 21.5 Å². The lowest BCUT2D eigenvalue weighted by atomic mass is 10.1. The van der Waals surface area contributed by atoms with Crippen molar-refractivity contribution in [3.63, 3.8) is 0 Å². The molecule has 1 fully saturated rings. The maximum Gasteiger partial charge on any atom is 0.243 e. The highest BCUT2D eigenvalue weighted by atomic mass is 32.2. The topological polar surface area (TPSA) is 80.7 Å². The molecule has 1 unspecified atom stereocenters. The van der Waals surface area contributed by atoms with E-state index in [4.69, 9.17) is 19.2 Å². The third-order valence-electron chi connectivity index (χ3n) is 6.52. The number of aliphatic imine (C=N–C) groups is 1. The molecular formula is C27H29N3O5S. The maximum atomic E-state index is 13.4. The van der Waals surface area contributed by atoms with Gasteiger partial charge in [-0.15, -0.1) is 0 Å². The highest BCUT2D eigenvalue weighted by Crippen LogP contribution is 2.40. The van der Waals surface area contributed by atoms with Crippen LogP contribution in [0.1, 0.15) is 18.1 Å². The third kappa shape index (κ3) is 4.40. The molecule has 188 valence electrons. The first kappa shape index (κ1) is 24.1. The molecule has 0 bridgehead atoms. The predicted octanol–water partition coefficient (Wildman–Crippen LogP) is 4.59. The number of piperazine rings is 1. The van der Waals surface area contributed by atoms with E-state index in [-0.39, 0.29) is 10.9 Å². The number of hydrogen-bond donors (Lipinski definition) is 0. The second-order valence-corrected chi connectivity index (χ2v) is 10.8. The third-order valence-corrected chi connectivity index (χ3v) is 8.55.